The maximum absolute atomic E-state index is 13.4. The van der Waals surface area contributed by atoms with Gasteiger partial charge in [0.1, 0.15) is 12.3 Å². The van der Waals surface area contributed by atoms with E-state index in [1.54, 1.807) is 6.20 Å². The Morgan fingerprint density at radius 1 is 0.944 bits per heavy atom. The van der Waals surface area contributed by atoms with E-state index in [4.69, 9.17) is 4.74 Å². The molecule has 0 radical (unpaired) electrons. The highest BCUT2D eigenvalue weighted by atomic mass is 16.6. The molecule has 2 aliphatic heterocycles. The zero-order chi connectivity index (χ0) is 24.8. The molecular formula is C31H32N2O3. The normalized spacial score (nSPS) is 22.6. The Morgan fingerprint density at radius 2 is 1.56 bits per heavy atom. The number of carbonyl (C=O) groups is 2. The number of pyridine rings is 1. The first-order valence-corrected chi connectivity index (χ1v) is 13.1. The molecule has 5 nitrogen and oxygen atoms in total. The van der Waals surface area contributed by atoms with Gasteiger partial charge in [-0.25, -0.2) is 4.79 Å². The Labute approximate surface area is 212 Å². The Kier molecular flexibility index (Phi) is 5.87. The van der Waals surface area contributed by atoms with Gasteiger partial charge in [0.15, 0.2) is 5.78 Å². The van der Waals surface area contributed by atoms with E-state index in [-0.39, 0.29) is 35.8 Å². The molecule has 2 fully saturated rings. The summed E-state index contributed by atoms with van der Waals surface area (Å²) >= 11 is 0. The molecule has 6 rings (SSSR count). The van der Waals surface area contributed by atoms with E-state index >= 15 is 0 Å². The van der Waals surface area contributed by atoms with Crippen molar-refractivity contribution in [2.24, 2.45) is 5.92 Å². The summed E-state index contributed by atoms with van der Waals surface area (Å²) in [7, 11) is 0. The lowest BCUT2D eigenvalue weighted by molar-refractivity contribution is 0.00639. The zero-order valence-electron chi connectivity index (χ0n) is 20.9. The second-order valence-electron chi connectivity index (χ2n) is 10.7. The predicted molar refractivity (Wildman–Crippen MR) is 139 cm³/mol. The SMILES string of the molecule is Cc1cnc(C(=O)C2CC3CCCC(C2)N3C(=O)OCC2c3ccccc3-c3ccccc32)c(C)c1. The third-order valence-corrected chi connectivity index (χ3v) is 8.34. The van der Waals surface area contributed by atoms with Gasteiger partial charge in [-0.15, -0.1) is 0 Å². The molecule has 0 saturated carbocycles. The number of amides is 1. The van der Waals surface area contributed by atoms with Crippen molar-refractivity contribution in [3.8, 4) is 11.1 Å². The van der Waals surface area contributed by atoms with Crippen LogP contribution in [-0.2, 0) is 4.74 Å². The fraction of sp³-hybridized carbons (Fsp3) is 0.387. The zero-order valence-corrected chi connectivity index (χ0v) is 20.9. The molecule has 36 heavy (non-hydrogen) atoms. The summed E-state index contributed by atoms with van der Waals surface area (Å²) < 4.78 is 6.02. The highest BCUT2D eigenvalue weighted by Gasteiger charge is 2.44. The van der Waals surface area contributed by atoms with Crippen LogP contribution in [0.3, 0.4) is 0 Å². The fourth-order valence-electron chi connectivity index (χ4n) is 6.73. The topological polar surface area (TPSA) is 59.5 Å². The van der Waals surface area contributed by atoms with Crippen LogP contribution in [0.2, 0.25) is 0 Å². The van der Waals surface area contributed by atoms with E-state index in [1.165, 1.54) is 22.3 Å². The number of carbonyl (C=O) groups excluding carboxylic acids is 2. The van der Waals surface area contributed by atoms with Crippen molar-refractivity contribution < 1.29 is 14.3 Å². The second-order valence-corrected chi connectivity index (χ2v) is 10.7. The van der Waals surface area contributed by atoms with Crippen molar-refractivity contribution in [3.63, 3.8) is 0 Å². The molecule has 0 spiro atoms. The lowest BCUT2D eigenvalue weighted by atomic mass is 9.76. The summed E-state index contributed by atoms with van der Waals surface area (Å²) in [4.78, 5) is 33.2. The number of ketones is 1. The van der Waals surface area contributed by atoms with E-state index in [2.05, 4.69) is 53.5 Å². The number of nitrogens with zero attached hydrogens (tertiary/aromatic N) is 2. The minimum absolute atomic E-state index is 0.0489. The molecule has 3 aromatic rings. The molecule has 3 aliphatic rings. The lowest BCUT2D eigenvalue weighted by Gasteiger charge is -2.47. The van der Waals surface area contributed by atoms with Gasteiger partial charge in [-0.3, -0.25) is 9.78 Å². The summed E-state index contributed by atoms with van der Waals surface area (Å²) in [5.41, 5.74) is 7.47. The van der Waals surface area contributed by atoms with Crippen LogP contribution < -0.4 is 0 Å². The number of rotatable bonds is 4. The maximum atomic E-state index is 13.4. The maximum Gasteiger partial charge on any atom is 0.410 e. The van der Waals surface area contributed by atoms with Gasteiger partial charge < -0.3 is 9.64 Å². The molecule has 184 valence electrons. The lowest BCUT2D eigenvalue weighted by Crippen LogP contribution is -2.56. The number of hydrogen-bond acceptors (Lipinski definition) is 4. The molecule has 1 aliphatic carbocycles. The highest BCUT2D eigenvalue weighted by molar-refractivity contribution is 5.97. The van der Waals surface area contributed by atoms with Gasteiger partial charge in [0.25, 0.3) is 0 Å². The van der Waals surface area contributed by atoms with Gasteiger partial charge in [-0.05, 0) is 79.3 Å². The number of hydrogen-bond donors (Lipinski definition) is 0. The van der Waals surface area contributed by atoms with Crippen molar-refractivity contribution >= 4 is 11.9 Å². The Balaban J connectivity index is 1.17. The second kappa shape index (κ2) is 9.20. The summed E-state index contributed by atoms with van der Waals surface area (Å²) in [5.74, 6) is 0.0827. The van der Waals surface area contributed by atoms with Crippen LogP contribution in [0, 0.1) is 19.8 Å². The smallest absolute Gasteiger partial charge is 0.410 e. The van der Waals surface area contributed by atoms with Gasteiger partial charge in [0.05, 0.1) is 0 Å². The molecule has 1 aromatic heterocycles. The van der Waals surface area contributed by atoms with Crippen LogP contribution in [-0.4, -0.2) is 40.5 Å². The number of fused-ring (bicyclic) bond motifs is 5. The largest absolute Gasteiger partial charge is 0.448 e. The van der Waals surface area contributed by atoms with Crippen LogP contribution in [0.15, 0.2) is 60.8 Å². The van der Waals surface area contributed by atoms with Crippen molar-refractivity contribution in [1.29, 1.82) is 0 Å². The molecular weight excluding hydrogens is 448 g/mol. The number of aromatic nitrogens is 1. The number of benzene rings is 2. The first-order chi connectivity index (χ1) is 17.5. The minimum atomic E-state index is -0.234. The van der Waals surface area contributed by atoms with Crippen LogP contribution in [0.5, 0.6) is 0 Å². The Hall–Kier alpha value is -3.47. The van der Waals surface area contributed by atoms with Gasteiger partial charge in [0, 0.05) is 30.1 Å². The Bertz CT molecular complexity index is 1270. The summed E-state index contributed by atoms with van der Waals surface area (Å²) in [6.45, 7) is 4.28. The average molecular weight is 481 g/mol. The highest BCUT2D eigenvalue weighted by Crippen LogP contribution is 2.45. The first-order valence-electron chi connectivity index (χ1n) is 13.1. The van der Waals surface area contributed by atoms with Crippen molar-refractivity contribution in [3.05, 3.63) is 88.7 Å². The van der Waals surface area contributed by atoms with Gasteiger partial charge in [-0.1, -0.05) is 54.6 Å². The van der Waals surface area contributed by atoms with Crippen molar-refractivity contribution in [2.45, 2.75) is 64.0 Å². The molecule has 2 aromatic carbocycles. The predicted octanol–water partition coefficient (Wildman–Crippen LogP) is 6.46. The molecule has 2 saturated heterocycles. The molecule has 5 heteroatoms. The number of piperidine rings is 2. The number of ether oxygens (including phenoxy) is 1. The van der Waals surface area contributed by atoms with Gasteiger partial charge in [-0.2, -0.15) is 0 Å². The quantitative estimate of drug-likeness (QED) is 0.402. The molecule has 2 atom stereocenters. The van der Waals surface area contributed by atoms with Crippen LogP contribution >= 0.6 is 0 Å². The van der Waals surface area contributed by atoms with Crippen molar-refractivity contribution in [2.75, 3.05) is 6.61 Å². The molecule has 2 bridgehead atoms. The van der Waals surface area contributed by atoms with Crippen LogP contribution in [0.1, 0.15) is 70.8 Å². The van der Waals surface area contributed by atoms with E-state index in [0.717, 1.165) is 30.4 Å². The molecule has 0 N–H and O–H groups in total. The first kappa shape index (κ1) is 23.0. The number of aryl methyl sites for hydroxylation is 2. The third-order valence-electron chi connectivity index (χ3n) is 8.34. The van der Waals surface area contributed by atoms with Gasteiger partial charge in [0.2, 0.25) is 0 Å². The van der Waals surface area contributed by atoms with E-state index in [9.17, 15) is 9.59 Å². The van der Waals surface area contributed by atoms with Gasteiger partial charge >= 0.3 is 6.09 Å². The summed E-state index contributed by atoms with van der Waals surface area (Å²) in [6, 6.07) is 18.9. The third kappa shape index (κ3) is 3.91. The van der Waals surface area contributed by atoms with Crippen LogP contribution in [0.25, 0.3) is 11.1 Å². The van der Waals surface area contributed by atoms with E-state index < -0.39 is 0 Å². The van der Waals surface area contributed by atoms with Crippen molar-refractivity contribution in [1.82, 2.24) is 9.88 Å². The molecule has 2 unspecified atom stereocenters. The summed E-state index contributed by atoms with van der Waals surface area (Å²) in [5, 5.41) is 0. The number of Topliss-reactive ketones (excluding diaryl/α,β-unsaturated/α-hetero) is 1. The molecule has 1 amide bonds. The van der Waals surface area contributed by atoms with Crippen LogP contribution in [0.4, 0.5) is 4.79 Å². The Morgan fingerprint density at radius 3 is 2.17 bits per heavy atom. The summed E-state index contributed by atoms with van der Waals surface area (Å²) in [6.07, 6.45) is 5.85. The van der Waals surface area contributed by atoms with E-state index in [1.807, 2.05) is 24.8 Å². The van der Waals surface area contributed by atoms with E-state index in [0.29, 0.717) is 25.1 Å². The standard InChI is InChI=1S/C31H32N2O3/c1-19-14-20(2)29(32-17-19)30(34)21-15-22-8-7-9-23(16-21)33(22)31(35)36-18-28-26-12-5-3-10-24(26)25-11-4-6-13-27(25)28/h3-6,10-14,17,21-23,28H,7-9,15-16,18H2,1-2H3. The minimum Gasteiger partial charge on any atom is -0.448 e. The average Bonchev–Trinajstić information content (AvgIpc) is 3.20. The molecule has 3 heterocycles. The monoisotopic (exact) mass is 480 g/mol. The fourth-order valence-corrected chi connectivity index (χ4v) is 6.73.